The third-order valence-corrected chi connectivity index (χ3v) is 4.45. The summed E-state index contributed by atoms with van der Waals surface area (Å²) in [5.74, 6) is 0.686. The number of carboxylic acid groups (broad SMARTS) is 1. The van der Waals surface area contributed by atoms with E-state index < -0.39 is 5.97 Å². The number of nitrogens with one attached hydrogen (secondary N) is 1. The van der Waals surface area contributed by atoms with E-state index in [4.69, 9.17) is 10.8 Å². The minimum atomic E-state index is -0.742. The molecule has 1 aliphatic rings. The van der Waals surface area contributed by atoms with Crippen molar-refractivity contribution in [2.45, 2.75) is 12.8 Å². The van der Waals surface area contributed by atoms with E-state index in [1.54, 1.807) is 6.20 Å². The number of aliphatic carboxylic acids is 1. The Morgan fingerprint density at radius 3 is 2.67 bits per heavy atom. The van der Waals surface area contributed by atoms with Crippen LogP contribution in [-0.4, -0.2) is 39.1 Å². The Morgan fingerprint density at radius 2 is 2.04 bits per heavy atom. The molecule has 2 aromatic rings. The molecule has 0 bridgehead atoms. The van der Waals surface area contributed by atoms with Crippen LogP contribution in [0.4, 0.5) is 23.1 Å². The molecule has 0 amide bonds. The van der Waals surface area contributed by atoms with Crippen molar-refractivity contribution in [1.29, 1.82) is 0 Å². The summed E-state index contributed by atoms with van der Waals surface area (Å²) < 4.78 is 0.880. The number of halogens is 1. The molecular formula is C15H17BrN6O2. The lowest BCUT2D eigenvalue weighted by atomic mass is 9.97. The first-order chi connectivity index (χ1) is 11.5. The van der Waals surface area contributed by atoms with Gasteiger partial charge >= 0.3 is 5.97 Å². The number of pyridine rings is 1. The summed E-state index contributed by atoms with van der Waals surface area (Å²) in [4.78, 5) is 25.7. The first-order valence-electron chi connectivity index (χ1n) is 7.51. The molecule has 4 N–H and O–H groups in total. The zero-order valence-electron chi connectivity index (χ0n) is 12.8. The Kier molecular flexibility index (Phi) is 4.79. The van der Waals surface area contributed by atoms with Crippen LogP contribution < -0.4 is 16.0 Å². The van der Waals surface area contributed by atoms with Crippen LogP contribution in [0.3, 0.4) is 0 Å². The molecule has 24 heavy (non-hydrogen) atoms. The lowest BCUT2D eigenvalue weighted by Crippen LogP contribution is -2.37. The average molecular weight is 393 g/mol. The summed E-state index contributed by atoms with van der Waals surface area (Å²) in [6.07, 6.45) is 4.28. The lowest BCUT2D eigenvalue weighted by molar-refractivity contribution is -0.142. The fourth-order valence-electron chi connectivity index (χ4n) is 2.65. The van der Waals surface area contributed by atoms with Crippen molar-refractivity contribution in [2.24, 2.45) is 5.92 Å². The third-order valence-electron chi connectivity index (χ3n) is 3.98. The standard InChI is InChI=1S/C15H17BrN6O2/c16-10-1-2-11(18-7-10)21-13-12(17)14(20-8-19-13)22-5-3-9(4-6-22)15(23)24/h1-2,7-9H,3-6,17H2,(H,23,24)(H,18,19,20,21). The molecule has 0 saturated carbocycles. The summed E-state index contributed by atoms with van der Waals surface area (Å²) >= 11 is 3.33. The molecule has 1 aliphatic heterocycles. The number of hydrogen-bond donors (Lipinski definition) is 3. The fraction of sp³-hybridized carbons (Fsp3) is 0.333. The van der Waals surface area contributed by atoms with Gasteiger partial charge in [0.2, 0.25) is 0 Å². The number of nitrogens with zero attached hydrogens (tertiary/aromatic N) is 4. The molecule has 126 valence electrons. The Hall–Kier alpha value is -2.42. The number of nitrogen functional groups attached to an aromatic ring is 1. The van der Waals surface area contributed by atoms with Gasteiger partial charge < -0.3 is 21.1 Å². The van der Waals surface area contributed by atoms with Crippen LogP contribution in [-0.2, 0) is 4.79 Å². The summed E-state index contributed by atoms with van der Waals surface area (Å²) in [5, 5.41) is 12.2. The molecule has 0 unspecified atom stereocenters. The topological polar surface area (TPSA) is 117 Å². The highest BCUT2D eigenvalue weighted by molar-refractivity contribution is 9.10. The highest BCUT2D eigenvalue weighted by Gasteiger charge is 2.26. The van der Waals surface area contributed by atoms with E-state index in [9.17, 15) is 4.79 Å². The van der Waals surface area contributed by atoms with Crippen LogP contribution in [0.5, 0.6) is 0 Å². The quantitative estimate of drug-likeness (QED) is 0.724. The first-order valence-corrected chi connectivity index (χ1v) is 8.30. The monoisotopic (exact) mass is 392 g/mol. The average Bonchev–Trinajstić information content (AvgIpc) is 2.59. The second kappa shape index (κ2) is 7.00. The van der Waals surface area contributed by atoms with Gasteiger partial charge in [0, 0.05) is 23.8 Å². The highest BCUT2D eigenvalue weighted by atomic mass is 79.9. The molecule has 0 atom stereocenters. The number of hydrogen-bond acceptors (Lipinski definition) is 7. The van der Waals surface area contributed by atoms with Gasteiger partial charge in [-0.05, 0) is 40.9 Å². The number of aromatic nitrogens is 3. The Balaban J connectivity index is 1.76. The molecule has 2 aromatic heterocycles. The van der Waals surface area contributed by atoms with Crippen LogP contribution in [0.15, 0.2) is 29.1 Å². The molecule has 0 aliphatic carbocycles. The Bertz CT molecular complexity index is 731. The summed E-state index contributed by atoms with van der Waals surface area (Å²) in [5.41, 5.74) is 6.63. The molecule has 3 rings (SSSR count). The van der Waals surface area contributed by atoms with E-state index in [0.717, 1.165) is 4.47 Å². The van der Waals surface area contributed by atoms with Gasteiger partial charge in [0.1, 0.15) is 17.8 Å². The van der Waals surface area contributed by atoms with Crippen LogP contribution in [0.1, 0.15) is 12.8 Å². The summed E-state index contributed by atoms with van der Waals surface area (Å²) in [6.45, 7) is 1.21. The van der Waals surface area contributed by atoms with E-state index in [1.165, 1.54) is 6.33 Å². The minimum Gasteiger partial charge on any atom is -0.481 e. The smallest absolute Gasteiger partial charge is 0.306 e. The SMILES string of the molecule is Nc1c(Nc2ccc(Br)cn2)ncnc1N1CCC(C(=O)O)CC1. The van der Waals surface area contributed by atoms with Gasteiger partial charge in [-0.25, -0.2) is 15.0 Å². The van der Waals surface area contributed by atoms with Crippen molar-refractivity contribution in [3.63, 3.8) is 0 Å². The molecule has 1 fully saturated rings. The Labute approximate surface area is 147 Å². The van der Waals surface area contributed by atoms with Crippen molar-refractivity contribution in [3.05, 3.63) is 29.1 Å². The van der Waals surface area contributed by atoms with Gasteiger partial charge in [0.15, 0.2) is 11.6 Å². The first kappa shape index (κ1) is 16.4. The zero-order valence-corrected chi connectivity index (χ0v) is 14.4. The normalized spacial score (nSPS) is 15.3. The number of anilines is 4. The molecular weight excluding hydrogens is 376 g/mol. The predicted molar refractivity (Wildman–Crippen MR) is 94.2 cm³/mol. The number of carbonyl (C=O) groups is 1. The van der Waals surface area contributed by atoms with E-state index in [1.807, 2.05) is 17.0 Å². The van der Waals surface area contributed by atoms with Crippen molar-refractivity contribution in [1.82, 2.24) is 15.0 Å². The second-order valence-electron chi connectivity index (χ2n) is 5.55. The van der Waals surface area contributed by atoms with E-state index in [0.29, 0.717) is 49.1 Å². The second-order valence-corrected chi connectivity index (χ2v) is 6.46. The summed E-state index contributed by atoms with van der Waals surface area (Å²) in [6, 6.07) is 3.67. The predicted octanol–water partition coefficient (Wildman–Crippen LogP) is 2.26. The van der Waals surface area contributed by atoms with Crippen LogP contribution in [0, 0.1) is 5.92 Å². The molecule has 0 aromatic carbocycles. The summed E-state index contributed by atoms with van der Waals surface area (Å²) in [7, 11) is 0. The van der Waals surface area contributed by atoms with Crippen molar-refractivity contribution < 1.29 is 9.90 Å². The van der Waals surface area contributed by atoms with Gasteiger partial charge in [0.25, 0.3) is 0 Å². The van der Waals surface area contributed by atoms with Crippen LogP contribution >= 0.6 is 15.9 Å². The maximum Gasteiger partial charge on any atom is 0.306 e. The third kappa shape index (κ3) is 3.56. The molecule has 0 spiro atoms. The number of rotatable bonds is 4. The van der Waals surface area contributed by atoms with E-state index >= 15 is 0 Å². The van der Waals surface area contributed by atoms with Crippen molar-refractivity contribution >= 4 is 45.0 Å². The van der Waals surface area contributed by atoms with E-state index in [-0.39, 0.29) is 5.92 Å². The van der Waals surface area contributed by atoms with Gasteiger partial charge in [-0.3, -0.25) is 4.79 Å². The fourth-order valence-corrected chi connectivity index (χ4v) is 2.88. The molecule has 1 saturated heterocycles. The molecule has 8 nitrogen and oxygen atoms in total. The van der Waals surface area contributed by atoms with Crippen molar-refractivity contribution in [2.75, 3.05) is 29.0 Å². The van der Waals surface area contributed by atoms with Crippen LogP contribution in [0.25, 0.3) is 0 Å². The number of nitrogens with two attached hydrogens (primary N) is 1. The van der Waals surface area contributed by atoms with Gasteiger partial charge in [0.05, 0.1) is 5.92 Å². The van der Waals surface area contributed by atoms with E-state index in [2.05, 4.69) is 36.2 Å². The van der Waals surface area contributed by atoms with Gasteiger partial charge in [-0.15, -0.1) is 0 Å². The largest absolute Gasteiger partial charge is 0.481 e. The number of piperidine rings is 1. The Morgan fingerprint density at radius 1 is 1.29 bits per heavy atom. The lowest BCUT2D eigenvalue weighted by Gasteiger charge is -2.31. The number of carboxylic acids is 1. The van der Waals surface area contributed by atoms with Crippen molar-refractivity contribution in [3.8, 4) is 0 Å². The van der Waals surface area contributed by atoms with Gasteiger partial charge in [-0.1, -0.05) is 0 Å². The molecule has 9 heteroatoms. The maximum atomic E-state index is 11.1. The van der Waals surface area contributed by atoms with Gasteiger partial charge in [-0.2, -0.15) is 0 Å². The zero-order chi connectivity index (χ0) is 17.1. The minimum absolute atomic E-state index is 0.297. The molecule has 3 heterocycles. The highest BCUT2D eigenvalue weighted by Crippen LogP contribution is 2.31. The van der Waals surface area contributed by atoms with Crippen LogP contribution in [0.2, 0.25) is 0 Å². The molecule has 0 radical (unpaired) electrons. The maximum absolute atomic E-state index is 11.1.